The van der Waals surface area contributed by atoms with E-state index in [0.717, 1.165) is 0 Å². The van der Waals surface area contributed by atoms with Crippen LogP contribution < -0.4 is 4.74 Å². The second-order valence-electron chi connectivity index (χ2n) is 3.13. The number of carbonyl (C=O) groups excluding carboxylic acids is 2. The summed E-state index contributed by atoms with van der Waals surface area (Å²) < 4.78 is 9.31. The molecule has 1 rings (SSSR count). The summed E-state index contributed by atoms with van der Waals surface area (Å²) in [6.07, 6.45) is 2.78. The monoisotopic (exact) mass is 254 g/mol. The van der Waals surface area contributed by atoms with Gasteiger partial charge in [-0.25, -0.2) is 4.79 Å². The average molecular weight is 255 g/mol. The molecule has 0 unspecified atom stereocenters. The lowest BCUT2D eigenvalue weighted by Gasteiger charge is -2.03. The van der Waals surface area contributed by atoms with Crippen molar-refractivity contribution >= 4 is 29.6 Å². The van der Waals surface area contributed by atoms with Crippen LogP contribution in [0.1, 0.15) is 12.5 Å². The maximum absolute atomic E-state index is 10.9. The van der Waals surface area contributed by atoms with Crippen LogP contribution in [0, 0.1) is 0 Å². The standard InChI is InChI=1S/C12H11ClO4/c1-8(14)17-10-5-3-9(11(13)7-10)4-6-12(15)16-2/h3-7H,1-2H3. The summed E-state index contributed by atoms with van der Waals surface area (Å²) in [6, 6.07) is 4.73. The van der Waals surface area contributed by atoms with Crippen molar-refractivity contribution in [3.05, 3.63) is 34.9 Å². The van der Waals surface area contributed by atoms with E-state index in [1.165, 1.54) is 32.3 Å². The van der Waals surface area contributed by atoms with E-state index in [4.69, 9.17) is 16.3 Å². The zero-order chi connectivity index (χ0) is 12.8. The minimum Gasteiger partial charge on any atom is -0.466 e. The third-order valence-electron chi connectivity index (χ3n) is 1.83. The summed E-state index contributed by atoms with van der Waals surface area (Å²) in [5, 5.41) is 0.379. The van der Waals surface area contributed by atoms with E-state index >= 15 is 0 Å². The van der Waals surface area contributed by atoms with Gasteiger partial charge in [0.25, 0.3) is 0 Å². The molecule has 0 N–H and O–H groups in total. The van der Waals surface area contributed by atoms with Crippen molar-refractivity contribution in [2.75, 3.05) is 7.11 Å². The molecule has 0 aliphatic carbocycles. The van der Waals surface area contributed by atoms with Gasteiger partial charge in [-0.2, -0.15) is 0 Å². The molecule has 0 atom stereocenters. The van der Waals surface area contributed by atoms with E-state index in [1.807, 2.05) is 0 Å². The van der Waals surface area contributed by atoms with Crippen LogP contribution in [0.5, 0.6) is 5.75 Å². The molecule has 17 heavy (non-hydrogen) atoms. The van der Waals surface area contributed by atoms with E-state index in [9.17, 15) is 9.59 Å². The lowest BCUT2D eigenvalue weighted by molar-refractivity contribution is -0.135. The number of halogens is 1. The molecule has 0 aliphatic rings. The van der Waals surface area contributed by atoms with Crippen LogP contribution in [-0.4, -0.2) is 19.0 Å². The molecule has 0 aromatic heterocycles. The van der Waals surface area contributed by atoms with Crippen LogP contribution in [0.2, 0.25) is 5.02 Å². The number of ether oxygens (including phenoxy) is 2. The highest BCUT2D eigenvalue weighted by Crippen LogP contribution is 2.23. The second kappa shape index (κ2) is 6.06. The third kappa shape index (κ3) is 4.28. The van der Waals surface area contributed by atoms with Gasteiger partial charge in [-0.15, -0.1) is 0 Å². The van der Waals surface area contributed by atoms with E-state index in [0.29, 0.717) is 16.3 Å². The van der Waals surface area contributed by atoms with Crippen molar-refractivity contribution in [1.29, 1.82) is 0 Å². The van der Waals surface area contributed by atoms with Gasteiger partial charge in [0, 0.05) is 19.1 Å². The van der Waals surface area contributed by atoms with Gasteiger partial charge in [-0.3, -0.25) is 4.79 Å². The van der Waals surface area contributed by atoms with Gasteiger partial charge in [0.1, 0.15) is 5.75 Å². The summed E-state index contributed by atoms with van der Waals surface area (Å²) in [4.78, 5) is 21.6. The number of hydrogen-bond donors (Lipinski definition) is 0. The van der Waals surface area contributed by atoms with Crippen molar-refractivity contribution in [3.8, 4) is 5.75 Å². The van der Waals surface area contributed by atoms with Gasteiger partial charge in [-0.05, 0) is 23.8 Å². The molecule has 0 amide bonds. The van der Waals surface area contributed by atoms with Gasteiger partial charge >= 0.3 is 11.9 Å². The van der Waals surface area contributed by atoms with Crippen LogP contribution in [0.15, 0.2) is 24.3 Å². The maximum atomic E-state index is 10.9. The first-order valence-electron chi connectivity index (χ1n) is 4.77. The predicted molar refractivity (Wildman–Crippen MR) is 63.8 cm³/mol. The quantitative estimate of drug-likeness (QED) is 0.472. The highest BCUT2D eigenvalue weighted by molar-refractivity contribution is 6.32. The summed E-state index contributed by atoms with van der Waals surface area (Å²) >= 11 is 5.94. The molecule has 4 nitrogen and oxygen atoms in total. The first-order chi connectivity index (χ1) is 8.02. The van der Waals surface area contributed by atoms with E-state index in [-0.39, 0.29) is 0 Å². The number of methoxy groups -OCH3 is 1. The second-order valence-corrected chi connectivity index (χ2v) is 3.54. The van der Waals surface area contributed by atoms with Crippen LogP contribution in [-0.2, 0) is 14.3 Å². The number of carbonyl (C=O) groups is 2. The summed E-state index contributed by atoms with van der Waals surface area (Å²) in [7, 11) is 1.29. The molecule has 0 heterocycles. The van der Waals surface area contributed by atoms with Crippen molar-refractivity contribution in [2.45, 2.75) is 6.92 Å². The summed E-state index contributed by atoms with van der Waals surface area (Å²) in [5.41, 5.74) is 0.632. The molecule has 0 saturated carbocycles. The van der Waals surface area contributed by atoms with Crippen molar-refractivity contribution in [2.24, 2.45) is 0 Å². The van der Waals surface area contributed by atoms with Gasteiger partial charge in [0.15, 0.2) is 0 Å². The SMILES string of the molecule is COC(=O)C=Cc1ccc(OC(C)=O)cc1Cl. The molecule has 0 fully saturated rings. The van der Waals surface area contributed by atoms with Crippen LogP contribution in [0.25, 0.3) is 6.08 Å². The smallest absolute Gasteiger partial charge is 0.330 e. The van der Waals surface area contributed by atoms with Gasteiger partial charge in [0.2, 0.25) is 0 Å². The van der Waals surface area contributed by atoms with Crippen LogP contribution in [0.4, 0.5) is 0 Å². The van der Waals surface area contributed by atoms with Gasteiger partial charge in [-0.1, -0.05) is 11.6 Å². The number of benzene rings is 1. The lowest BCUT2D eigenvalue weighted by atomic mass is 10.2. The molecule has 90 valence electrons. The molecule has 0 saturated heterocycles. The Labute approximate surface area is 104 Å². The van der Waals surface area contributed by atoms with Gasteiger partial charge < -0.3 is 9.47 Å². The molecular weight excluding hydrogens is 244 g/mol. The zero-order valence-corrected chi connectivity index (χ0v) is 10.2. The fraction of sp³-hybridized carbons (Fsp3) is 0.167. The van der Waals surface area contributed by atoms with Crippen molar-refractivity contribution in [3.63, 3.8) is 0 Å². The molecule has 0 aliphatic heterocycles. The minimum absolute atomic E-state index is 0.359. The Kier molecular flexibility index (Phi) is 4.72. The Hall–Kier alpha value is -1.81. The Morgan fingerprint density at radius 3 is 2.59 bits per heavy atom. The Morgan fingerprint density at radius 1 is 1.35 bits per heavy atom. The molecule has 1 aromatic carbocycles. The lowest BCUT2D eigenvalue weighted by Crippen LogP contribution is -2.01. The molecular formula is C12H11ClO4. The van der Waals surface area contributed by atoms with E-state index in [1.54, 1.807) is 12.1 Å². The fourth-order valence-corrected chi connectivity index (χ4v) is 1.33. The molecule has 1 aromatic rings. The average Bonchev–Trinajstić information content (AvgIpc) is 2.26. The summed E-state index contributed by atoms with van der Waals surface area (Å²) in [5.74, 6) is -0.526. The molecule has 0 spiro atoms. The van der Waals surface area contributed by atoms with Crippen LogP contribution in [0.3, 0.4) is 0 Å². The van der Waals surface area contributed by atoms with E-state index in [2.05, 4.69) is 4.74 Å². The molecule has 0 radical (unpaired) electrons. The zero-order valence-electron chi connectivity index (χ0n) is 9.40. The normalized spacial score (nSPS) is 10.3. The first kappa shape index (κ1) is 13.3. The Bertz CT molecular complexity index is 466. The topological polar surface area (TPSA) is 52.6 Å². The predicted octanol–water partition coefficient (Wildman–Crippen LogP) is 2.45. The Morgan fingerprint density at radius 2 is 2.06 bits per heavy atom. The van der Waals surface area contributed by atoms with Crippen molar-refractivity contribution in [1.82, 2.24) is 0 Å². The summed E-state index contributed by atoms with van der Waals surface area (Å²) in [6.45, 7) is 1.30. The molecule has 0 bridgehead atoms. The Balaban J connectivity index is 2.86. The first-order valence-corrected chi connectivity index (χ1v) is 5.14. The highest BCUT2D eigenvalue weighted by Gasteiger charge is 2.03. The fourth-order valence-electron chi connectivity index (χ4n) is 1.10. The largest absolute Gasteiger partial charge is 0.466 e. The minimum atomic E-state index is -0.467. The van der Waals surface area contributed by atoms with Gasteiger partial charge in [0.05, 0.1) is 12.1 Å². The van der Waals surface area contributed by atoms with Crippen molar-refractivity contribution < 1.29 is 19.1 Å². The van der Waals surface area contributed by atoms with E-state index < -0.39 is 11.9 Å². The third-order valence-corrected chi connectivity index (χ3v) is 2.16. The number of hydrogen-bond acceptors (Lipinski definition) is 4. The number of esters is 2. The highest BCUT2D eigenvalue weighted by atomic mass is 35.5. The maximum Gasteiger partial charge on any atom is 0.330 e. The van der Waals surface area contributed by atoms with Crippen LogP contribution >= 0.6 is 11.6 Å². The molecule has 5 heteroatoms. The number of rotatable bonds is 3.